The van der Waals surface area contributed by atoms with Crippen LogP contribution >= 0.6 is 11.8 Å². The van der Waals surface area contributed by atoms with Gasteiger partial charge in [0.15, 0.2) is 0 Å². The topological polar surface area (TPSA) is 49.3 Å². The van der Waals surface area contributed by atoms with Crippen molar-refractivity contribution < 1.29 is 9.90 Å². The molecule has 16 heavy (non-hydrogen) atoms. The second-order valence-corrected chi connectivity index (χ2v) is 6.01. The van der Waals surface area contributed by atoms with Gasteiger partial charge in [-0.1, -0.05) is 6.92 Å². The molecule has 0 aliphatic heterocycles. The zero-order chi connectivity index (χ0) is 12.2. The van der Waals surface area contributed by atoms with E-state index in [1.807, 2.05) is 13.8 Å². The van der Waals surface area contributed by atoms with Crippen molar-refractivity contribution in [3.8, 4) is 0 Å². The van der Waals surface area contributed by atoms with Gasteiger partial charge in [0.05, 0.1) is 0 Å². The summed E-state index contributed by atoms with van der Waals surface area (Å²) < 4.78 is 0. The molecule has 1 rings (SSSR count). The molecule has 1 fully saturated rings. The number of nitrogens with one attached hydrogen (secondary N) is 1. The Balaban J connectivity index is 2.67. The third-order valence-corrected chi connectivity index (χ3v) is 4.24. The van der Waals surface area contributed by atoms with E-state index in [1.54, 1.807) is 11.8 Å². The van der Waals surface area contributed by atoms with E-state index >= 15 is 0 Å². The minimum Gasteiger partial charge on any atom is -0.480 e. The molecule has 0 radical (unpaired) electrons. The van der Waals surface area contributed by atoms with Crippen molar-refractivity contribution in [2.24, 2.45) is 5.92 Å². The quantitative estimate of drug-likeness (QED) is 0.645. The molecule has 2 N–H and O–H groups in total. The molecule has 1 atom stereocenters. The number of carboxylic acid groups (broad SMARTS) is 1. The normalized spacial score (nSPS) is 19.8. The standard InChI is InChI=1S/C12H23NO2S/c1-4-7-16-8-12(11(14)15,10-5-6-10)13-9(2)3/h9-10,13H,4-8H2,1-3H3,(H,14,15). The molecule has 0 saturated heterocycles. The maximum absolute atomic E-state index is 11.6. The average Bonchev–Trinajstić information content (AvgIpc) is 2.98. The highest BCUT2D eigenvalue weighted by atomic mass is 32.2. The van der Waals surface area contributed by atoms with Gasteiger partial charge in [-0.05, 0) is 44.8 Å². The van der Waals surface area contributed by atoms with Crippen LogP contribution in [0, 0.1) is 5.92 Å². The lowest BCUT2D eigenvalue weighted by Gasteiger charge is -2.32. The smallest absolute Gasteiger partial charge is 0.325 e. The van der Waals surface area contributed by atoms with Crippen molar-refractivity contribution >= 4 is 17.7 Å². The molecule has 94 valence electrons. The van der Waals surface area contributed by atoms with Gasteiger partial charge in [-0.15, -0.1) is 0 Å². The summed E-state index contributed by atoms with van der Waals surface area (Å²) in [5.74, 6) is 1.39. The van der Waals surface area contributed by atoms with Crippen molar-refractivity contribution in [2.75, 3.05) is 11.5 Å². The van der Waals surface area contributed by atoms with Crippen LogP contribution in [0.15, 0.2) is 0 Å². The number of rotatable bonds is 8. The number of thioether (sulfide) groups is 1. The average molecular weight is 245 g/mol. The van der Waals surface area contributed by atoms with Gasteiger partial charge in [-0.3, -0.25) is 10.1 Å². The largest absolute Gasteiger partial charge is 0.480 e. The molecule has 1 saturated carbocycles. The van der Waals surface area contributed by atoms with Crippen molar-refractivity contribution in [3.05, 3.63) is 0 Å². The highest BCUT2D eigenvalue weighted by Crippen LogP contribution is 2.42. The highest BCUT2D eigenvalue weighted by molar-refractivity contribution is 7.99. The van der Waals surface area contributed by atoms with E-state index in [0.29, 0.717) is 11.7 Å². The highest BCUT2D eigenvalue weighted by Gasteiger charge is 2.51. The number of hydrogen-bond acceptors (Lipinski definition) is 3. The van der Waals surface area contributed by atoms with Crippen molar-refractivity contribution in [2.45, 2.75) is 51.6 Å². The lowest BCUT2D eigenvalue weighted by Crippen LogP contribution is -2.58. The Kier molecular flexibility index (Phi) is 5.12. The molecule has 1 aliphatic rings. The Bertz CT molecular complexity index is 241. The van der Waals surface area contributed by atoms with Crippen LogP contribution in [-0.2, 0) is 4.79 Å². The maximum Gasteiger partial charge on any atom is 0.325 e. The first-order valence-electron chi connectivity index (χ1n) is 6.11. The SMILES string of the molecule is CCCSCC(NC(C)C)(C(=O)O)C1CC1. The zero-order valence-electron chi connectivity index (χ0n) is 10.5. The second-order valence-electron chi connectivity index (χ2n) is 4.90. The van der Waals surface area contributed by atoms with Gasteiger partial charge in [-0.2, -0.15) is 11.8 Å². The lowest BCUT2D eigenvalue weighted by molar-refractivity contribution is -0.145. The van der Waals surface area contributed by atoms with Gasteiger partial charge in [-0.25, -0.2) is 0 Å². The van der Waals surface area contributed by atoms with E-state index in [1.165, 1.54) is 0 Å². The van der Waals surface area contributed by atoms with Crippen molar-refractivity contribution in [1.82, 2.24) is 5.32 Å². The molecule has 0 spiro atoms. The van der Waals surface area contributed by atoms with Crippen LogP contribution in [0.5, 0.6) is 0 Å². The molecule has 0 bridgehead atoms. The van der Waals surface area contributed by atoms with Crippen LogP contribution < -0.4 is 5.32 Å². The third-order valence-electron chi connectivity index (χ3n) is 2.88. The fourth-order valence-electron chi connectivity index (χ4n) is 2.04. The fraction of sp³-hybridized carbons (Fsp3) is 0.917. The predicted molar refractivity (Wildman–Crippen MR) is 69.0 cm³/mol. The summed E-state index contributed by atoms with van der Waals surface area (Å²) >= 11 is 1.76. The van der Waals surface area contributed by atoms with Gasteiger partial charge >= 0.3 is 5.97 Å². The lowest BCUT2D eigenvalue weighted by atomic mass is 9.94. The molecule has 0 aromatic heterocycles. The molecule has 1 unspecified atom stereocenters. The van der Waals surface area contributed by atoms with Gasteiger partial charge in [0, 0.05) is 11.8 Å². The molecule has 3 nitrogen and oxygen atoms in total. The van der Waals surface area contributed by atoms with E-state index in [4.69, 9.17) is 0 Å². The summed E-state index contributed by atoms with van der Waals surface area (Å²) in [7, 11) is 0. The molecule has 0 amide bonds. The van der Waals surface area contributed by atoms with Crippen LogP contribution in [0.1, 0.15) is 40.0 Å². The van der Waals surface area contributed by atoms with Gasteiger partial charge in [0.2, 0.25) is 0 Å². The Morgan fingerprint density at radius 3 is 2.56 bits per heavy atom. The number of aliphatic carboxylic acids is 1. The number of carbonyl (C=O) groups is 1. The summed E-state index contributed by atoms with van der Waals surface area (Å²) in [5, 5.41) is 12.8. The molecule has 0 aromatic carbocycles. The van der Waals surface area contributed by atoms with Crippen LogP contribution in [0.25, 0.3) is 0 Å². The summed E-state index contributed by atoms with van der Waals surface area (Å²) in [5.41, 5.74) is -0.687. The molecule has 0 aromatic rings. The summed E-state index contributed by atoms with van der Waals surface area (Å²) in [6.45, 7) is 6.16. The van der Waals surface area contributed by atoms with Crippen LogP contribution in [0.2, 0.25) is 0 Å². The predicted octanol–water partition coefficient (Wildman–Crippen LogP) is 2.36. The van der Waals surface area contributed by atoms with E-state index in [-0.39, 0.29) is 6.04 Å². The van der Waals surface area contributed by atoms with Crippen molar-refractivity contribution in [3.63, 3.8) is 0 Å². The van der Waals surface area contributed by atoms with Gasteiger partial charge < -0.3 is 5.11 Å². The van der Waals surface area contributed by atoms with Crippen LogP contribution in [0.3, 0.4) is 0 Å². The van der Waals surface area contributed by atoms with E-state index in [0.717, 1.165) is 25.0 Å². The molecule has 0 heterocycles. The summed E-state index contributed by atoms with van der Waals surface area (Å²) in [4.78, 5) is 11.6. The number of carboxylic acids is 1. The van der Waals surface area contributed by atoms with Crippen LogP contribution in [-0.4, -0.2) is 34.2 Å². The number of hydrogen-bond donors (Lipinski definition) is 2. The van der Waals surface area contributed by atoms with E-state index < -0.39 is 11.5 Å². The molecule has 1 aliphatic carbocycles. The molecular weight excluding hydrogens is 222 g/mol. The Labute approximate surface area is 102 Å². The van der Waals surface area contributed by atoms with Crippen LogP contribution in [0.4, 0.5) is 0 Å². The van der Waals surface area contributed by atoms with Gasteiger partial charge in [0.1, 0.15) is 5.54 Å². The third kappa shape index (κ3) is 3.39. The Morgan fingerprint density at radius 1 is 1.56 bits per heavy atom. The second kappa shape index (κ2) is 5.92. The summed E-state index contributed by atoms with van der Waals surface area (Å²) in [6, 6.07) is 0.221. The van der Waals surface area contributed by atoms with E-state index in [9.17, 15) is 9.90 Å². The Morgan fingerprint density at radius 2 is 2.19 bits per heavy atom. The monoisotopic (exact) mass is 245 g/mol. The van der Waals surface area contributed by atoms with Gasteiger partial charge in [0.25, 0.3) is 0 Å². The Hall–Kier alpha value is -0.220. The molecular formula is C12H23NO2S. The summed E-state index contributed by atoms with van der Waals surface area (Å²) in [6.07, 6.45) is 3.21. The maximum atomic E-state index is 11.6. The van der Waals surface area contributed by atoms with E-state index in [2.05, 4.69) is 12.2 Å². The fourth-order valence-corrected chi connectivity index (χ4v) is 3.24. The minimum absolute atomic E-state index is 0.221. The first-order chi connectivity index (χ1) is 7.53. The molecule has 4 heteroatoms. The minimum atomic E-state index is -0.687. The van der Waals surface area contributed by atoms with Crippen molar-refractivity contribution in [1.29, 1.82) is 0 Å². The zero-order valence-corrected chi connectivity index (χ0v) is 11.3. The first kappa shape index (κ1) is 13.8. The first-order valence-corrected chi connectivity index (χ1v) is 7.27.